The van der Waals surface area contributed by atoms with Crippen molar-refractivity contribution in [3.63, 3.8) is 0 Å². The lowest BCUT2D eigenvalue weighted by Crippen LogP contribution is -2.60. The summed E-state index contributed by atoms with van der Waals surface area (Å²) < 4.78 is 0. The molecule has 0 rings (SSSR count). The fourth-order valence-electron chi connectivity index (χ4n) is 1.89. The maximum Gasteiger partial charge on any atom is 0.370 e. The molecule has 0 aliphatic carbocycles. The molecular formula is C13H22N2O8. The molecule has 132 valence electrons. The average Bonchev–Trinajstić information content (AvgIpc) is 2.40. The van der Waals surface area contributed by atoms with Crippen LogP contribution in [0, 0.1) is 0 Å². The number of aliphatic hydroxyl groups excluding tert-OH is 4. The van der Waals surface area contributed by atoms with E-state index in [0.717, 1.165) is 13.8 Å². The van der Waals surface area contributed by atoms with Crippen molar-refractivity contribution >= 4 is 17.8 Å². The fourth-order valence-corrected chi connectivity index (χ4v) is 1.89. The Morgan fingerprint density at radius 1 is 0.913 bits per heavy atom. The molecule has 0 aliphatic rings. The Morgan fingerprint density at radius 2 is 1.35 bits per heavy atom. The molecule has 0 spiro atoms. The Labute approximate surface area is 132 Å². The van der Waals surface area contributed by atoms with E-state index >= 15 is 0 Å². The van der Waals surface area contributed by atoms with Gasteiger partial charge in [-0.3, -0.25) is 9.59 Å². The first-order chi connectivity index (χ1) is 10.5. The largest absolute Gasteiger partial charge is 0.502 e. The van der Waals surface area contributed by atoms with Crippen molar-refractivity contribution in [3.8, 4) is 0 Å². The van der Waals surface area contributed by atoms with Crippen LogP contribution in [0.2, 0.25) is 0 Å². The van der Waals surface area contributed by atoms with Crippen molar-refractivity contribution in [2.45, 2.75) is 51.2 Å². The molecule has 0 aliphatic heterocycles. The van der Waals surface area contributed by atoms with Crippen LogP contribution in [0.3, 0.4) is 0 Å². The second kappa shape index (κ2) is 9.08. The van der Waals surface area contributed by atoms with Gasteiger partial charge in [0.25, 0.3) is 0 Å². The summed E-state index contributed by atoms with van der Waals surface area (Å²) in [4.78, 5) is 32.9. The predicted molar refractivity (Wildman–Crippen MR) is 77.3 cm³/mol. The van der Waals surface area contributed by atoms with Crippen LogP contribution < -0.4 is 10.6 Å². The summed E-state index contributed by atoms with van der Waals surface area (Å²) in [6.45, 7) is 3.50. The van der Waals surface area contributed by atoms with Gasteiger partial charge in [-0.2, -0.15) is 0 Å². The van der Waals surface area contributed by atoms with Gasteiger partial charge >= 0.3 is 5.97 Å². The van der Waals surface area contributed by atoms with Gasteiger partial charge in [0, 0.05) is 13.8 Å². The second-order valence-electron chi connectivity index (χ2n) is 5.03. The van der Waals surface area contributed by atoms with Gasteiger partial charge in [0.15, 0.2) is 5.76 Å². The number of aliphatic carboxylic acids is 1. The van der Waals surface area contributed by atoms with E-state index in [2.05, 4.69) is 10.6 Å². The number of carboxylic acids is 1. The minimum atomic E-state index is -1.79. The number of aliphatic hydroxyl groups is 4. The van der Waals surface area contributed by atoms with Crippen molar-refractivity contribution in [1.82, 2.24) is 10.6 Å². The Kier molecular flexibility index (Phi) is 8.22. The minimum Gasteiger partial charge on any atom is -0.502 e. The number of hydrogen-bond acceptors (Lipinski definition) is 7. The third-order valence-electron chi connectivity index (χ3n) is 2.91. The van der Waals surface area contributed by atoms with E-state index in [4.69, 9.17) is 10.2 Å². The summed E-state index contributed by atoms with van der Waals surface area (Å²) in [6, 6.07) is -2.74. The lowest BCUT2D eigenvalue weighted by Gasteiger charge is -2.33. The number of rotatable bonds is 8. The molecule has 23 heavy (non-hydrogen) atoms. The van der Waals surface area contributed by atoms with Crippen LogP contribution in [-0.4, -0.2) is 73.7 Å². The van der Waals surface area contributed by atoms with E-state index in [1.54, 1.807) is 0 Å². The van der Waals surface area contributed by atoms with E-state index in [0.29, 0.717) is 6.08 Å². The predicted octanol–water partition coefficient (Wildman–Crippen LogP) is -2.38. The van der Waals surface area contributed by atoms with Crippen LogP contribution >= 0.6 is 0 Å². The normalized spacial score (nSPS) is 18.3. The second-order valence-corrected chi connectivity index (χ2v) is 5.03. The van der Waals surface area contributed by atoms with Crippen molar-refractivity contribution in [2.75, 3.05) is 0 Å². The summed E-state index contributed by atoms with van der Waals surface area (Å²) in [5, 5.41) is 52.0. The van der Waals surface area contributed by atoms with Gasteiger partial charge in [0.1, 0.15) is 0 Å². The van der Waals surface area contributed by atoms with Gasteiger partial charge in [0.05, 0.1) is 30.4 Å². The first-order valence-electron chi connectivity index (χ1n) is 6.69. The smallest absolute Gasteiger partial charge is 0.370 e. The van der Waals surface area contributed by atoms with Crippen molar-refractivity contribution in [3.05, 3.63) is 11.8 Å². The molecule has 0 fully saturated rings. The van der Waals surface area contributed by atoms with Crippen LogP contribution in [0.4, 0.5) is 0 Å². The number of carbonyl (C=O) groups is 3. The van der Waals surface area contributed by atoms with Gasteiger partial charge in [-0.05, 0) is 13.0 Å². The van der Waals surface area contributed by atoms with Crippen LogP contribution in [-0.2, 0) is 14.4 Å². The highest BCUT2D eigenvalue weighted by Gasteiger charge is 2.36. The molecule has 0 heterocycles. The van der Waals surface area contributed by atoms with E-state index < -0.39 is 53.9 Å². The first kappa shape index (κ1) is 20.8. The molecular weight excluding hydrogens is 312 g/mol. The third-order valence-corrected chi connectivity index (χ3v) is 2.91. The molecule has 7 N–H and O–H groups in total. The molecule has 0 radical (unpaired) electrons. The molecule has 0 aromatic rings. The maximum atomic E-state index is 11.2. The average molecular weight is 334 g/mol. The highest BCUT2D eigenvalue weighted by atomic mass is 16.4. The lowest BCUT2D eigenvalue weighted by molar-refractivity contribution is -0.135. The van der Waals surface area contributed by atoms with Gasteiger partial charge < -0.3 is 36.2 Å². The first-order valence-corrected chi connectivity index (χ1v) is 6.69. The molecule has 0 saturated heterocycles. The maximum absolute atomic E-state index is 11.2. The van der Waals surface area contributed by atoms with Crippen LogP contribution in [0.1, 0.15) is 20.8 Å². The Hall–Kier alpha value is -2.17. The summed E-state index contributed by atoms with van der Waals surface area (Å²) in [5.74, 6) is -4.14. The number of carbonyl (C=O) groups excluding carboxylic acids is 2. The van der Waals surface area contributed by atoms with E-state index in [9.17, 15) is 29.7 Å². The van der Waals surface area contributed by atoms with Crippen LogP contribution in [0.25, 0.3) is 0 Å². The van der Waals surface area contributed by atoms with Gasteiger partial charge in [-0.25, -0.2) is 4.79 Å². The molecule has 0 aromatic carbocycles. The lowest BCUT2D eigenvalue weighted by atomic mass is 9.94. The van der Waals surface area contributed by atoms with Gasteiger partial charge in [-0.1, -0.05) is 0 Å². The number of carboxylic acid groups (broad SMARTS) is 1. The van der Waals surface area contributed by atoms with Crippen molar-refractivity contribution in [2.24, 2.45) is 0 Å². The monoisotopic (exact) mass is 334 g/mol. The molecule has 10 heteroatoms. The molecule has 0 bridgehead atoms. The fraction of sp³-hybridized carbons (Fsp3) is 0.615. The number of hydrogen-bond donors (Lipinski definition) is 7. The standard InChI is InChI=1S/C13H22N2O8/c1-5(16)10(14-6(2)17)12(21)11(15-7(3)18)8(19)4-9(20)13(22)23/h4-5,8,10-12,16,19-21H,1-3H3,(H,14,17)(H,15,18)(H,22,23)/b9-4-/t5-,8-,10-,11-,12-/m0/s1. The Bertz CT molecular complexity index is 477. The Balaban J connectivity index is 5.50. The van der Waals surface area contributed by atoms with E-state index in [1.165, 1.54) is 6.92 Å². The zero-order valence-electron chi connectivity index (χ0n) is 12.9. The van der Waals surface area contributed by atoms with E-state index in [1.807, 2.05) is 0 Å². The van der Waals surface area contributed by atoms with Crippen molar-refractivity contribution < 1.29 is 39.9 Å². The Morgan fingerprint density at radius 3 is 1.70 bits per heavy atom. The molecule has 0 unspecified atom stereocenters. The highest BCUT2D eigenvalue weighted by molar-refractivity contribution is 5.83. The van der Waals surface area contributed by atoms with Crippen LogP contribution in [0.15, 0.2) is 11.8 Å². The van der Waals surface area contributed by atoms with Gasteiger partial charge in [-0.15, -0.1) is 0 Å². The SMILES string of the molecule is CC(=O)N[C@H]([C@H](O)[C@@H](NC(C)=O)[C@@H](O)/C=C(\O)C(=O)O)[C@H](C)O. The molecule has 10 nitrogen and oxygen atoms in total. The quantitative estimate of drug-likeness (QED) is 0.190. The highest BCUT2D eigenvalue weighted by Crippen LogP contribution is 2.11. The molecule has 0 saturated carbocycles. The van der Waals surface area contributed by atoms with Crippen LogP contribution in [0.5, 0.6) is 0 Å². The zero-order chi connectivity index (χ0) is 18.3. The molecule has 0 aromatic heterocycles. The summed E-state index contributed by atoms with van der Waals surface area (Å²) in [6.07, 6.45) is -4.19. The van der Waals surface area contributed by atoms with Crippen molar-refractivity contribution in [1.29, 1.82) is 0 Å². The molecule has 5 atom stereocenters. The molecule has 2 amide bonds. The number of amides is 2. The summed E-state index contributed by atoms with van der Waals surface area (Å²) in [7, 11) is 0. The zero-order valence-corrected chi connectivity index (χ0v) is 12.9. The third kappa shape index (κ3) is 7.08. The summed E-state index contributed by atoms with van der Waals surface area (Å²) >= 11 is 0. The summed E-state index contributed by atoms with van der Waals surface area (Å²) in [5.41, 5.74) is 0. The number of nitrogens with one attached hydrogen (secondary N) is 2. The van der Waals surface area contributed by atoms with E-state index in [-0.39, 0.29) is 0 Å². The topological polar surface area (TPSA) is 176 Å². The minimum absolute atomic E-state index is 0.513. The van der Waals surface area contributed by atoms with Gasteiger partial charge in [0.2, 0.25) is 11.8 Å².